The fourth-order valence-electron chi connectivity index (χ4n) is 1.76. The number of benzene rings is 1. The van der Waals surface area contributed by atoms with E-state index in [0.29, 0.717) is 38.7 Å². The van der Waals surface area contributed by atoms with Crippen LogP contribution in [0, 0.1) is 0 Å². The molecule has 0 aliphatic heterocycles. The molecule has 1 aromatic heterocycles. The average molecular weight is 292 g/mol. The van der Waals surface area contributed by atoms with Gasteiger partial charge >= 0.3 is 0 Å². The number of ether oxygens (including phenoxy) is 1. The quantitative estimate of drug-likeness (QED) is 0.640. The summed E-state index contributed by atoms with van der Waals surface area (Å²) >= 11 is 11.2. The molecule has 0 aliphatic carbocycles. The van der Waals surface area contributed by atoms with Crippen LogP contribution in [0.5, 0.6) is 0 Å². The fourth-order valence-corrected chi connectivity index (χ4v) is 2.14. The Labute approximate surface area is 121 Å². The van der Waals surface area contributed by atoms with Crippen molar-refractivity contribution in [2.24, 2.45) is 0 Å². The molecule has 1 aromatic carbocycles. The lowest BCUT2D eigenvalue weighted by atomic mass is 10.0. The first-order valence-electron chi connectivity index (χ1n) is 5.46. The van der Waals surface area contributed by atoms with Gasteiger partial charge in [0.2, 0.25) is 0 Å². The van der Waals surface area contributed by atoms with Gasteiger partial charge in [-0.05, 0) is 30.4 Å². The lowest BCUT2D eigenvalue weighted by Crippen LogP contribution is -2.04. The summed E-state index contributed by atoms with van der Waals surface area (Å²) in [6.07, 6.45) is 2.35. The standard InChI is InChI=1S/C14H10ClNO2S/c1-18-14(19)10-5-3-7-16-13(10)9-4-2-6-12(15)11(9)8-17/h2-8H,1H3. The second kappa shape index (κ2) is 5.91. The van der Waals surface area contributed by atoms with E-state index in [1.54, 1.807) is 36.5 Å². The van der Waals surface area contributed by atoms with Gasteiger partial charge in [-0.25, -0.2) is 0 Å². The van der Waals surface area contributed by atoms with Gasteiger partial charge in [0.25, 0.3) is 0 Å². The van der Waals surface area contributed by atoms with Gasteiger partial charge in [0.1, 0.15) is 0 Å². The van der Waals surface area contributed by atoms with Crippen LogP contribution in [0.2, 0.25) is 5.02 Å². The second-order valence-electron chi connectivity index (χ2n) is 3.71. The maximum absolute atomic E-state index is 11.2. The molecule has 2 rings (SSSR count). The van der Waals surface area contributed by atoms with Crippen molar-refractivity contribution in [1.82, 2.24) is 4.98 Å². The number of carbonyl (C=O) groups excluding carboxylic acids is 1. The van der Waals surface area contributed by atoms with Crippen molar-refractivity contribution in [3.05, 3.63) is 52.7 Å². The molecule has 0 atom stereocenters. The number of carbonyl (C=O) groups is 1. The van der Waals surface area contributed by atoms with Crippen LogP contribution in [-0.2, 0) is 4.74 Å². The predicted octanol–water partition coefficient (Wildman–Crippen LogP) is 3.54. The number of aromatic nitrogens is 1. The number of nitrogens with zero attached hydrogens (tertiary/aromatic N) is 1. The number of methoxy groups -OCH3 is 1. The van der Waals surface area contributed by atoms with Crippen LogP contribution in [0.4, 0.5) is 0 Å². The predicted molar refractivity (Wildman–Crippen MR) is 78.8 cm³/mol. The third-order valence-corrected chi connectivity index (χ3v) is 3.36. The first kappa shape index (κ1) is 13.6. The summed E-state index contributed by atoms with van der Waals surface area (Å²) in [4.78, 5) is 15.5. The van der Waals surface area contributed by atoms with E-state index in [-0.39, 0.29) is 0 Å². The van der Waals surface area contributed by atoms with E-state index in [2.05, 4.69) is 4.98 Å². The first-order valence-corrected chi connectivity index (χ1v) is 6.25. The minimum Gasteiger partial charge on any atom is -0.486 e. The normalized spacial score (nSPS) is 10.0. The van der Waals surface area contributed by atoms with Crippen molar-refractivity contribution in [2.45, 2.75) is 0 Å². The molecule has 2 aromatic rings. The van der Waals surface area contributed by atoms with Crippen molar-refractivity contribution >= 4 is 35.2 Å². The summed E-state index contributed by atoms with van der Waals surface area (Å²) in [6.45, 7) is 0. The lowest BCUT2D eigenvalue weighted by molar-refractivity contribution is 0.112. The Kier molecular flexibility index (Phi) is 4.24. The number of aldehydes is 1. The lowest BCUT2D eigenvalue weighted by Gasteiger charge is -2.11. The fraction of sp³-hybridized carbons (Fsp3) is 0.0714. The van der Waals surface area contributed by atoms with Gasteiger partial charge in [0, 0.05) is 17.3 Å². The molecule has 0 saturated heterocycles. The Balaban J connectivity index is 2.69. The molecular formula is C14H10ClNO2S. The molecular weight excluding hydrogens is 282 g/mol. The van der Waals surface area contributed by atoms with Crippen molar-refractivity contribution in [3.8, 4) is 11.3 Å². The Morgan fingerprint density at radius 2 is 2.16 bits per heavy atom. The number of pyridine rings is 1. The van der Waals surface area contributed by atoms with Crippen molar-refractivity contribution in [2.75, 3.05) is 7.11 Å². The van der Waals surface area contributed by atoms with Gasteiger partial charge < -0.3 is 4.74 Å². The molecule has 0 bridgehead atoms. The van der Waals surface area contributed by atoms with E-state index in [4.69, 9.17) is 28.6 Å². The molecule has 0 amide bonds. The van der Waals surface area contributed by atoms with Crippen molar-refractivity contribution in [3.63, 3.8) is 0 Å². The van der Waals surface area contributed by atoms with E-state index in [1.807, 2.05) is 0 Å². The van der Waals surface area contributed by atoms with E-state index in [1.165, 1.54) is 7.11 Å². The first-order chi connectivity index (χ1) is 9.19. The van der Waals surface area contributed by atoms with Crippen molar-refractivity contribution in [1.29, 1.82) is 0 Å². The maximum atomic E-state index is 11.2. The summed E-state index contributed by atoms with van der Waals surface area (Å²) in [5, 5.41) is 0.701. The average Bonchev–Trinajstić information content (AvgIpc) is 2.46. The Hall–Kier alpha value is -1.78. The third-order valence-electron chi connectivity index (χ3n) is 2.64. The zero-order chi connectivity index (χ0) is 13.8. The minimum absolute atomic E-state index is 0.319. The van der Waals surface area contributed by atoms with E-state index in [9.17, 15) is 4.79 Å². The van der Waals surface area contributed by atoms with Crippen LogP contribution in [0.15, 0.2) is 36.5 Å². The van der Waals surface area contributed by atoms with E-state index >= 15 is 0 Å². The van der Waals surface area contributed by atoms with Crippen LogP contribution in [0.1, 0.15) is 15.9 Å². The van der Waals surface area contributed by atoms with Gasteiger partial charge in [0.05, 0.1) is 23.4 Å². The molecule has 0 aliphatic rings. The molecule has 0 saturated carbocycles. The summed E-state index contributed by atoms with van der Waals surface area (Å²) in [7, 11) is 1.50. The number of thiocarbonyl (C=S) groups is 1. The zero-order valence-electron chi connectivity index (χ0n) is 10.1. The summed E-state index contributed by atoms with van der Waals surface area (Å²) in [6, 6.07) is 8.75. The topological polar surface area (TPSA) is 39.2 Å². The molecule has 96 valence electrons. The van der Waals surface area contributed by atoms with Crippen LogP contribution in [-0.4, -0.2) is 23.4 Å². The monoisotopic (exact) mass is 291 g/mol. The smallest absolute Gasteiger partial charge is 0.193 e. The Morgan fingerprint density at radius 1 is 1.37 bits per heavy atom. The van der Waals surface area contributed by atoms with Gasteiger partial charge in [-0.15, -0.1) is 0 Å². The Morgan fingerprint density at radius 3 is 2.84 bits per heavy atom. The van der Waals surface area contributed by atoms with Gasteiger partial charge in [-0.3, -0.25) is 9.78 Å². The highest BCUT2D eigenvalue weighted by Gasteiger charge is 2.15. The van der Waals surface area contributed by atoms with Crippen LogP contribution >= 0.6 is 23.8 Å². The molecule has 1 heterocycles. The highest BCUT2D eigenvalue weighted by atomic mass is 35.5. The van der Waals surface area contributed by atoms with Gasteiger partial charge in [-0.1, -0.05) is 23.7 Å². The molecule has 19 heavy (non-hydrogen) atoms. The molecule has 0 unspecified atom stereocenters. The molecule has 0 spiro atoms. The van der Waals surface area contributed by atoms with E-state index < -0.39 is 0 Å². The number of rotatable bonds is 3. The number of hydrogen-bond acceptors (Lipinski definition) is 4. The summed E-state index contributed by atoms with van der Waals surface area (Å²) in [5.41, 5.74) is 2.27. The molecule has 3 nitrogen and oxygen atoms in total. The van der Waals surface area contributed by atoms with E-state index in [0.717, 1.165) is 0 Å². The molecule has 5 heteroatoms. The maximum Gasteiger partial charge on any atom is 0.193 e. The van der Waals surface area contributed by atoms with Crippen molar-refractivity contribution < 1.29 is 9.53 Å². The summed E-state index contributed by atoms with van der Waals surface area (Å²) < 4.78 is 5.07. The van der Waals surface area contributed by atoms with Gasteiger partial charge in [0.15, 0.2) is 11.3 Å². The molecule has 0 fully saturated rings. The molecule has 0 N–H and O–H groups in total. The Bertz CT molecular complexity index is 643. The third kappa shape index (κ3) is 2.64. The van der Waals surface area contributed by atoms with Crippen LogP contribution in [0.25, 0.3) is 11.3 Å². The number of halogens is 1. The highest BCUT2D eigenvalue weighted by Crippen LogP contribution is 2.29. The van der Waals surface area contributed by atoms with Crippen LogP contribution < -0.4 is 0 Å². The zero-order valence-corrected chi connectivity index (χ0v) is 11.7. The van der Waals surface area contributed by atoms with Crippen LogP contribution in [0.3, 0.4) is 0 Å². The highest BCUT2D eigenvalue weighted by molar-refractivity contribution is 7.80. The SMILES string of the molecule is COC(=S)c1cccnc1-c1cccc(Cl)c1C=O. The largest absolute Gasteiger partial charge is 0.486 e. The number of hydrogen-bond donors (Lipinski definition) is 0. The second-order valence-corrected chi connectivity index (χ2v) is 4.49. The summed E-state index contributed by atoms with van der Waals surface area (Å²) in [5.74, 6) is 0. The molecule has 0 radical (unpaired) electrons. The minimum atomic E-state index is 0.319. The van der Waals surface area contributed by atoms with Gasteiger partial charge in [-0.2, -0.15) is 0 Å².